The Morgan fingerprint density at radius 1 is 0.621 bits per heavy atom. The van der Waals surface area contributed by atoms with Gasteiger partial charge in [0.1, 0.15) is 0 Å². The van der Waals surface area contributed by atoms with Gasteiger partial charge in [-0.25, -0.2) is 0 Å². The van der Waals surface area contributed by atoms with E-state index in [1.807, 2.05) is 0 Å². The molecule has 0 nitrogen and oxygen atoms in total. The minimum atomic E-state index is -5.33. The molecular formula is C28H28Si. The van der Waals surface area contributed by atoms with E-state index < -0.39 is 156 Å². The van der Waals surface area contributed by atoms with E-state index in [4.69, 9.17) is 26.0 Å². The zero-order valence-corrected chi connectivity index (χ0v) is 16.8. The van der Waals surface area contributed by atoms with Gasteiger partial charge in [0.15, 0.2) is 8.07 Å². The van der Waals surface area contributed by atoms with Crippen molar-refractivity contribution in [2.24, 2.45) is 0 Å². The summed E-state index contributed by atoms with van der Waals surface area (Å²) in [7, 11) is -5.33. The normalized spacial score (nSPS) is 20.7. The fourth-order valence-electron chi connectivity index (χ4n) is 3.07. The van der Waals surface area contributed by atoms with Crippen LogP contribution >= 0.6 is 0 Å². The summed E-state index contributed by atoms with van der Waals surface area (Å²) in [6.45, 7) is 3.23. The second-order valence-electron chi connectivity index (χ2n) is 6.63. The van der Waals surface area contributed by atoms with E-state index >= 15 is 0 Å². The molecule has 4 aromatic carbocycles. The highest BCUT2D eigenvalue weighted by atomic mass is 28.3. The van der Waals surface area contributed by atoms with Crippen LogP contribution in [0.5, 0.6) is 0 Å². The van der Waals surface area contributed by atoms with Crippen molar-refractivity contribution < 1.29 is 26.0 Å². The predicted molar refractivity (Wildman–Crippen MR) is 128 cm³/mol. The first-order valence-corrected chi connectivity index (χ1v) is 11.1. The fourth-order valence-corrected chi connectivity index (χ4v) is 6.71. The van der Waals surface area contributed by atoms with Crippen molar-refractivity contribution in [2.75, 3.05) is 0 Å². The summed E-state index contributed by atoms with van der Waals surface area (Å²) in [6.07, 6.45) is 0. The lowest BCUT2D eigenvalue weighted by atomic mass is 10.0. The summed E-state index contributed by atoms with van der Waals surface area (Å²) in [4.78, 5) is 0. The third kappa shape index (κ3) is 3.97. The molecule has 0 aliphatic carbocycles. The van der Waals surface area contributed by atoms with Crippen molar-refractivity contribution in [3.8, 4) is 0 Å². The summed E-state index contributed by atoms with van der Waals surface area (Å²) >= 11 is 0. The van der Waals surface area contributed by atoms with Crippen LogP contribution in [0.15, 0.2) is 115 Å². The van der Waals surface area contributed by atoms with E-state index in [0.29, 0.717) is 0 Å². The van der Waals surface area contributed by atoms with Crippen LogP contribution in [0.3, 0.4) is 0 Å². The van der Waals surface area contributed by atoms with Gasteiger partial charge in [-0.15, -0.1) is 0 Å². The molecule has 0 amide bonds. The maximum Gasteiger partial charge on any atom is 0.152 e. The molecule has 0 atom stereocenters. The third-order valence-corrected chi connectivity index (χ3v) is 8.69. The molecule has 0 aliphatic rings. The summed E-state index contributed by atoms with van der Waals surface area (Å²) in [5.41, 5.74) is -0.408. The van der Waals surface area contributed by atoms with Crippen LogP contribution < -0.4 is 15.6 Å². The lowest BCUT2D eigenvalue weighted by Gasteiger charge is -2.34. The Hall–Kier alpha value is -2.90. The largest absolute Gasteiger partial charge is 0.152 e. The Kier molecular flexibility index (Phi) is 2.11. The van der Waals surface area contributed by atoms with Crippen molar-refractivity contribution in [3.63, 3.8) is 0 Å². The van der Waals surface area contributed by atoms with E-state index in [9.17, 15) is 0 Å². The SMILES string of the molecule is [2H]c1c([2H])c([2H])c([Si](Cc2c([2H])c([2H])c([2H])c(C(C)C)c2[2H])(c2c([2H])c([2H])c([2H])c([2H])c2[2H])c2c([2H])c([2H])c([2H])c([2H])c2[2H])c([2H])c1[2H]. The minimum Gasteiger partial charge on any atom is -0.0624 e. The van der Waals surface area contributed by atoms with Crippen LogP contribution in [0.25, 0.3) is 0 Å². The Morgan fingerprint density at radius 3 is 1.48 bits per heavy atom. The van der Waals surface area contributed by atoms with Gasteiger partial charge in [0.25, 0.3) is 0 Å². The maximum absolute atomic E-state index is 9.11. The summed E-state index contributed by atoms with van der Waals surface area (Å²) in [5, 5.41) is -2.13. The average Bonchev–Trinajstić information content (AvgIpc) is 3.03. The van der Waals surface area contributed by atoms with Crippen LogP contribution in [0, 0.1) is 0 Å². The van der Waals surface area contributed by atoms with Crippen molar-refractivity contribution in [1.29, 1.82) is 0 Å². The van der Waals surface area contributed by atoms with Crippen molar-refractivity contribution in [3.05, 3.63) is 126 Å². The molecule has 0 saturated heterocycles. The maximum atomic E-state index is 9.11. The van der Waals surface area contributed by atoms with Crippen molar-refractivity contribution in [2.45, 2.75) is 25.8 Å². The molecule has 0 bridgehead atoms. The molecule has 4 rings (SSSR count). The minimum absolute atomic E-state index is 0.0166. The zero-order valence-electron chi connectivity index (χ0n) is 34.8. The Labute approximate surface area is 202 Å². The van der Waals surface area contributed by atoms with Crippen LogP contribution in [0.2, 0.25) is 0 Å². The van der Waals surface area contributed by atoms with E-state index in [0.717, 1.165) is 0 Å². The molecule has 0 heterocycles. The average molecular weight is 412 g/mol. The van der Waals surface area contributed by atoms with Gasteiger partial charge in [0.05, 0.1) is 26.0 Å². The smallest absolute Gasteiger partial charge is 0.0624 e. The Morgan fingerprint density at radius 2 is 1.07 bits per heavy atom. The number of benzene rings is 4. The van der Waals surface area contributed by atoms with Crippen molar-refractivity contribution >= 4 is 23.6 Å². The molecule has 0 aliphatic heterocycles. The molecule has 144 valence electrons. The topological polar surface area (TPSA) is 0 Å². The molecule has 0 N–H and O–H groups in total. The van der Waals surface area contributed by atoms with Crippen LogP contribution in [-0.4, -0.2) is 8.07 Å². The lowest BCUT2D eigenvalue weighted by Crippen LogP contribution is -2.68. The van der Waals surface area contributed by atoms with Gasteiger partial charge in [0.2, 0.25) is 0 Å². The lowest BCUT2D eigenvalue weighted by molar-refractivity contribution is 0.864. The Balaban J connectivity index is 2.55. The van der Waals surface area contributed by atoms with E-state index in [1.54, 1.807) is 13.8 Å². The number of hydrogen-bond donors (Lipinski definition) is 0. The standard InChI is InChI=1S/C28H28Si/c1-23(2)25-14-12-13-24(21-25)22-29(26-15-6-3-7-16-26,27-17-8-4-9-18-27)28-19-10-5-11-20-28/h3-21,23H,22H2,1-2H3/i3D,4D,5D,6D,7D,8D,9D,10D,11D,12D,13D,14D,15D,16D,17D,18D,19D,20D,21D. The van der Waals surface area contributed by atoms with Crippen LogP contribution in [-0.2, 0) is 6.04 Å². The summed E-state index contributed by atoms with van der Waals surface area (Å²) in [6, 6.07) is -17.1. The van der Waals surface area contributed by atoms with E-state index in [2.05, 4.69) is 0 Å². The number of rotatable bonds is 6. The van der Waals surface area contributed by atoms with Gasteiger partial charge in [-0.3, -0.25) is 0 Å². The molecule has 0 saturated carbocycles. The first-order chi connectivity index (χ1) is 22.1. The van der Waals surface area contributed by atoms with Gasteiger partial charge < -0.3 is 0 Å². The molecule has 0 radical (unpaired) electrons. The number of hydrogen-bond acceptors (Lipinski definition) is 0. The van der Waals surface area contributed by atoms with Crippen molar-refractivity contribution in [1.82, 2.24) is 0 Å². The van der Waals surface area contributed by atoms with Gasteiger partial charge in [0, 0.05) is 0 Å². The second-order valence-corrected chi connectivity index (χ2v) is 10.3. The molecule has 4 aromatic rings. The first kappa shape index (κ1) is 7.11. The van der Waals surface area contributed by atoms with E-state index in [-0.39, 0.29) is 5.56 Å². The third-order valence-electron chi connectivity index (χ3n) is 4.50. The van der Waals surface area contributed by atoms with Crippen LogP contribution in [0.1, 0.15) is 56.9 Å². The molecule has 0 fully saturated rings. The fraction of sp³-hybridized carbons (Fsp3) is 0.143. The zero-order chi connectivity index (χ0) is 36.6. The molecule has 29 heavy (non-hydrogen) atoms. The highest BCUT2D eigenvalue weighted by Gasteiger charge is 2.39. The summed E-state index contributed by atoms with van der Waals surface area (Å²) < 4.78 is 165. The first-order valence-electron chi connectivity index (χ1n) is 18.4. The predicted octanol–water partition coefficient (Wildman–Crippen LogP) is 5.06. The quantitative estimate of drug-likeness (QED) is 0.307. The molecule has 0 unspecified atom stereocenters. The van der Waals surface area contributed by atoms with Gasteiger partial charge in [-0.05, 0) is 38.6 Å². The van der Waals surface area contributed by atoms with E-state index in [1.165, 1.54) is 0 Å². The second kappa shape index (κ2) is 8.63. The highest BCUT2D eigenvalue weighted by molar-refractivity contribution is 7.11. The van der Waals surface area contributed by atoms with Gasteiger partial charge in [-0.1, -0.05) is 129 Å². The van der Waals surface area contributed by atoms with Gasteiger partial charge in [-0.2, -0.15) is 0 Å². The Bertz CT molecular complexity index is 1780. The molecule has 0 aromatic heterocycles. The monoisotopic (exact) mass is 411 g/mol. The summed E-state index contributed by atoms with van der Waals surface area (Å²) in [5.74, 6) is -0.577. The van der Waals surface area contributed by atoms with Gasteiger partial charge >= 0.3 is 0 Å². The molecular weight excluding hydrogens is 364 g/mol. The molecule has 1 heteroatoms. The van der Waals surface area contributed by atoms with Crippen LogP contribution in [0.4, 0.5) is 0 Å². The highest BCUT2D eigenvalue weighted by Crippen LogP contribution is 2.20. The molecule has 0 spiro atoms.